The summed E-state index contributed by atoms with van der Waals surface area (Å²) in [6.45, 7) is 6.09. The number of hydrogen-bond donors (Lipinski definition) is 1. The number of carbonyl (C=O) groups excluding carboxylic acids is 1. The smallest absolute Gasteiger partial charge is 0.226 e. The van der Waals surface area contributed by atoms with Gasteiger partial charge in [0.2, 0.25) is 5.91 Å². The predicted octanol–water partition coefficient (Wildman–Crippen LogP) is 3.66. The highest BCUT2D eigenvalue weighted by Gasteiger charge is 2.28. The van der Waals surface area contributed by atoms with E-state index in [1.807, 2.05) is 42.2 Å². The number of likely N-dealkylation sites (tertiary alicyclic amines) is 1. The Balaban J connectivity index is 1.53. The van der Waals surface area contributed by atoms with Crippen LogP contribution in [-0.2, 0) is 17.9 Å². The second kappa shape index (κ2) is 9.60. The number of phenolic OH excluding ortho intramolecular Hbond substituents is 1. The highest BCUT2D eigenvalue weighted by atomic mass is 16.5. The molecule has 150 valence electrons. The average molecular weight is 383 g/mol. The molecule has 5 heteroatoms. The first-order valence-corrected chi connectivity index (χ1v) is 10.0. The van der Waals surface area contributed by atoms with E-state index in [1.165, 1.54) is 5.56 Å². The zero-order chi connectivity index (χ0) is 19.9. The molecule has 1 aliphatic rings. The van der Waals surface area contributed by atoms with Crippen molar-refractivity contribution in [3.63, 3.8) is 0 Å². The van der Waals surface area contributed by atoms with Gasteiger partial charge in [-0.1, -0.05) is 36.4 Å². The van der Waals surface area contributed by atoms with Crippen LogP contribution < -0.4 is 4.74 Å². The van der Waals surface area contributed by atoms with Crippen molar-refractivity contribution in [2.75, 3.05) is 26.7 Å². The lowest BCUT2D eigenvalue weighted by Crippen LogP contribution is -2.42. The lowest BCUT2D eigenvalue weighted by Gasteiger charge is -2.34. The molecule has 1 amide bonds. The number of benzene rings is 2. The van der Waals surface area contributed by atoms with Gasteiger partial charge in [-0.3, -0.25) is 9.69 Å². The van der Waals surface area contributed by atoms with Gasteiger partial charge in [0.05, 0.1) is 7.11 Å². The standard InChI is InChI=1S/C23H30N2O3/c1-3-25(17-18-7-5-4-6-8-18)23(27)20-11-13-24(14-12-20)16-19-9-10-21(26)22(15-19)28-2/h4-10,15,20,26H,3,11-14,16-17H2,1-2H3. The normalized spacial score (nSPS) is 15.4. The minimum Gasteiger partial charge on any atom is -0.504 e. The van der Waals surface area contributed by atoms with E-state index in [9.17, 15) is 9.90 Å². The number of aromatic hydroxyl groups is 1. The largest absolute Gasteiger partial charge is 0.504 e. The maximum absolute atomic E-state index is 13.0. The lowest BCUT2D eigenvalue weighted by molar-refractivity contribution is -0.137. The van der Waals surface area contributed by atoms with Crippen molar-refractivity contribution in [1.29, 1.82) is 0 Å². The monoisotopic (exact) mass is 382 g/mol. The van der Waals surface area contributed by atoms with Crippen molar-refractivity contribution < 1.29 is 14.6 Å². The van der Waals surface area contributed by atoms with Crippen LogP contribution in [0.2, 0.25) is 0 Å². The molecule has 1 N–H and O–H groups in total. The Labute approximate surface area is 167 Å². The first-order chi connectivity index (χ1) is 13.6. The molecule has 0 spiro atoms. The molecule has 0 aliphatic carbocycles. The topological polar surface area (TPSA) is 53.0 Å². The summed E-state index contributed by atoms with van der Waals surface area (Å²) in [6, 6.07) is 15.7. The minimum atomic E-state index is 0.106. The van der Waals surface area contributed by atoms with Crippen molar-refractivity contribution in [1.82, 2.24) is 9.80 Å². The summed E-state index contributed by atoms with van der Waals surface area (Å²) in [5.41, 5.74) is 2.29. The molecule has 0 unspecified atom stereocenters. The molecule has 5 nitrogen and oxygen atoms in total. The van der Waals surface area contributed by atoms with Crippen molar-refractivity contribution in [3.8, 4) is 11.5 Å². The van der Waals surface area contributed by atoms with Crippen LogP contribution in [0.25, 0.3) is 0 Å². The first-order valence-electron chi connectivity index (χ1n) is 10.0. The summed E-state index contributed by atoms with van der Waals surface area (Å²) in [5, 5.41) is 9.74. The van der Waals surface area contributed by atoms with E-state index >= 15 is 0 Å². The predicted molar refractivity (Wildman–Crippen MR) is 110 cm³/mol. The molecule has 0 radical (unpaired) electrons. The highest BCUT2D eigenvalue weighted by molar-refractivity contribution is 5.79. The number of methoxy groups -OCH3 is 1. The summed E-state index contributed by atoms with van der Waals surface area (Å²) in [6.07, 6.45) is 1.78. The number of amides is 1. The Hall–Kier alpha value is -2.53. The summed E-state index contributed by atoms with van der Waals surface area (Å²) >= 11 is 0. The van der Waals surface area contributed by atoms with Crippen LogP contribution >= 0.6 is 0 Å². The van der Waals surface area contributed by atoms with Gasteiger partial charge >= 0.3 is 0 Å². The second-order valence-electron chi connectivity index (χ2n) is 7.39. The number of nitrogens with zero attached hydrogens (tertiary/aromatic N) is 2. The molecule has 3 rings (SSSR count). The molecule has 0 aromatic heterocycles. The Morgan fingerprint density at radius 1 is 1.14 bits per heavy atom. The molecular weight excluding hydrogens is 352 g/mol. The number of phenols is 1. The van der Waals surface area contributed by atoms with Crippen molar-refractivity contribution in [2.45, 2.75) is 32.9 Å². The van der Waals surface area contributed by atoms with Gasteiger partial charge in [-0.05, 0) is 56.1 Å². The van der Waals surface area contributed by atoms with Crippen LogP contribution in [0, 0.1) is 5.92 Å². The van der Waals surface area contributed by atoms with E-state index in [2.05, 4.69) is 17.0 Å². The number of rotatable bonds is 7. The van der Waals surface area contributed by atoms with Gasteiger partial charge in [0.1, 0.15) is 0 Å². The van der Waals surface area contributed by atoms with Crippen molar-refractivity contribution in [2.24, 2.45) is 5.92 Å². The van der Waals surface area contributed by atoms with Crippen molar-refractivity contribution in [3.05, 3.63) is 59.7 Å². The third-order valence-electron chi connectivity index (χ3n) is 5.50. The molecule has 2 aromatic carbocycles. The lowest BCUT2D eigenvalue weighted by atomic mass is 9.94. The zero-order valence-electron chi connectivity index (χ0n) is 16.8. The van der Waals surface area contributed by atoms with Gasteiger partial charge < -0.3 is 14.7 Å². The van der Waals surface area contributed by atoms with Crippen LogP contribution in [0.1, 0.15) is 30.9 Å². The van der Waals surface area contributed by atoms with E-state index in [-0.39, 0.29) is 17.6 Å². The molecule has 28 heavy (non-hydrogen) atoms. The third kappa shape index (κ3) is 5.04. The molecule has 2 aromatic rings. The third-order valence-corrected chi connectivity index (χ3v) is 5.50. The number of piperidine rings is 1. The van der Waals surface area contributed by atoms with Crippen LogP contribution in [-0.4, -0.2) is 47.6 Å². The van der Waals surface area contributed by atoms with Gasteiger partial charge in [-0.2, -0.15) is 0 Å². The molecule has 0 bridgehead atoms. The summed E-state index contributed by atoms with van der Waals surface area (Å²) in [7, 11) is 1.56. The fourth-order valence-corrected chi connectivity index (χ4v) is 3.82. The van der Waals surface area contributed by atoms with E-state index in [0.717, 1.165) is 44.6 Å². The number of ether oxygens (including phenoxy) is 1. The zero-order valence-corrected chi connectivity index (χ0v) is 16.8. The second-order valence-corrected chi connectivity index (χ2v) is 7.39. The van der Waals surface area contributed by atoms with Crippen LogP contribution in [0.15, 0.2) is 48.5 Å². The van der Waals surface area contributed by atoms with Crippen LogP contribution in [0.4, 0.5) is 0 Å². The summed E-state index contributed by atoms with van der Waals surface area (Å²) in [4.78, 5) is 17.3. The maximum Gasteiger partial charge on any atom is 0.226 e. The summed E-state index contributed by atoms with van der Waals surface area (Å²) in [5.74, 6) is 1.04. The van der Waals surface area contributed by atoms with Gasteiger partial charge in [0.25, 0.3) is 0 Å². The molecule has 0 atom stereocenters. The quantitative estimate of drug-likeness (QED) is 0.794. The van der Waals surface area contributed by atoms with Gasteiger partial charge in [0.15, 0.2) is 11.5 Å². The van der Waals surface area contributed by atoms with Crippen molar-refractivity contribution >= 4 is 5.91 Å². The Morgan fingerprint density at radius 3 is 2.50 bits per heavy atom. The van der Waals surface area contributed by atoms with Crippen LogP contribution in [0.5, 0.6) is 11.5 Å². The molecule has 1 saturated heterocycles. The van der Waals surface area contributed by atoms with E-state index in [4.69, 9.17) is 4.74 Å². The highest BCUT2D eigenvalue weighted by Crippen LogP contribution is 2.28. The SMILES string of the molecule is CCN(Cc1ccccc1)C(=O)C1CCN(Cc2ccc(O)c(OC)c2)CC1. The van der Waals surface area contributed by atoms with E-state index in [0.29, 0.717) is 12.3 Å². The van der Waals surface area contributed by atoms with Gasteiger partial charge in [-0.15, -0.1) is 0 Å². The molecular formula is C23H30N2O3. The average Bonchev–Trinajstić information content (AvgIpc) is 2.74. The Bertz CT molecular complexity index is 771. The fourth-order valence-electron chi connectivity index (χ4n) is 3.82. The molecule has 0 saturated carbocycles. The Morgan fingerprint density at radius 2 is 1.86 bits per heavy atom. The fraction of sp³-hybridized carbons (Fsp3) is 0.435. The maximum atomic E-state index is 13.0. The first kappa shape index (κ1) is 20.2. The van der Waals surface area contributed by atoms with E-state index in [1.54, 1.807) is 13.2 Å². The van der Waals surface area contributed by atoms with Gasteiger partial charge in [-0.25, -0.2) is 0 Å². The number of hydrogen-bond acceptors (Lipinski definition) is 4. The molecule has 1 aliphatic heterocycles. The van der Waals surface area contributed by atoms with Crippen LogP contribution in [0.3, 0.4) is 0 Å². The molecule has 1 fully saturated rings. The number of carbonyl (C=O) groups is 1. The van der Waals surface area contributed by atoms with E-state index < -0.39 is 0 Å². The minimum absolute atomic E-state index is 0.106. The summed E-state index contributed by atoms with van der Waals surface area (Å²) < 4.78 is 5.19. The van der Waals surface area contributed by atoms with Gasteiger partial charge in [0, 0.05) is 25.6 Å². The molecule has 1 heterocycles. The Kier molecular flexibility index (Phi) is 6.93.